The highest BCUT2D eigenvalue weighted by molar-refractivity contribution is 5.93. The highest BCUT2D eigenvalue weighted by atomic mass is 16.6. The lowest BCUT2D eigenvalue weighted by atomic mass is 9.96. The predicted octanol–water partition coefficient (Wildman–Crippen LogP) is 4.50. The Morgan fingerprint density at radius 3 is 1.51 bits per heavy atom. The van der Waals surface area contributed by atoms with Crippen molar-refractivity contribution in [3.8, 4) is 0 Å². The van der Waals surface area contributed by atoms with E-state index in [1.54, 1.807) is 0 Å². The van der Waals surface area contributed by atoms with Crippen molar-refractivity contribution in [2.45, 2.75) is 64.9 Å². The minimum absolute atomic E-state index is 0.101. The first kappa shape index (κ1) is 36.0. The van der Waals surface area contributed by atoms with Gasteiger partial charge < -0.3 is 36.2 Å². The normalized spacial score (nSPS) is 16.7. The molecule has 2 aliphatic heterocycles. The van der Waals surface area contributed by atoms with E-state index >= 15 is 0 Å². The molecule has 2 aromatic rings. The van der Waals surface area contributed by atoms with Crippen LogP contribution in [0.15, 0.2) is 48.5 Å². The molecular formula is C35H54N6O4. The first-order valence-corrected chi connectivity index (χ1v) is 16.3. The van der Waals surface area contributed by atoms with Crippen LogP contribution in [-0.4, -0.2) is 86.7 Å². The molecule has 2 aliphatic rings. The second-order valence-electron chi connectivity index (χ2n) is 13.2. The number of likely N-dealkylation sites (tertiary alicyclic amines) is 2. The molecule has 0 atom stereocenters. The molecule has 0 saturated carbocycles. The number of anilines is 2. The molecule has 2 fully saturated rings. The van der Waals surface area contributed by atoms with Gasteiger partial charge in [0.25, 0.3) is 0 Å². The summed E-state index contributed by atoms with van der Waals surface area (Å²) in [5.74, 6) is 0.515. The van der Waals surface area contributed by atoms with Gasteiger partial charge >= 0.3 is 6.09 Å². The second kappa shape index (κ2) is 17.9. The minimum atomic E-state index is -0.488. The molecule has 0 radical (unpaired) electrons. The number of nitrogens with one attached hydrogen (secondary N) is 3. The maximum atomic E-state index is 12.3. The number of ether oxygens (including phenoxy) is 1. The van der Waals surface area contributed by atoms with Crippen LogP contribution >= 0.6 is 0 Å². The molecule has 248 valence electrons. The maximum Gasteiger partial charge on any atom is 0.407 e. The Balaban J connectivity index is 0.000000257. The number of amides is 3. The van der Waals surface area contributed by atoms with Crippen LogP contribution in [0.1, 0.15) is 57.6 Å². The van der Waals surface area contributed by atoms with Gasteiger partial charge in [-0.15, -0.1) is 0 Å². The summed E-state index contributed by atoms with van der Waals surface area (Å²) in [5, 5.41) is 8.76. The Labute approximate surface area is 269 Å². The van der Waals surface area contributed by atoms with Crippen molar-refractivity contribution in [2.24, 2.45) is 17.6 Å². The minimum Gasteiger partial charge on any atom is -0.444 e. The summed E-state index contributed by atoms with van der Waals surface area (Å²) >= 11 is 0. The molecule has 0 aromatic heterocycles. The number of alkyl carbamates (subject to hydrolysis) is 1. The molecule has 5 N–H and O–H groups in total. The van der Waals surface area contributed by atoms with E-state index in [1.165, 1.54) is 5.56 Å². The van der Waals surface area contributed by atoms with Crippen LogP contribution in [0.5, 0.6) is 0 Å². The van der Waals surface area contributed by atoms with Crippen LogP contribution in [0.4, 0.5) is 16.2 Å². The third-order valence-electron chi connectivity index (χ3n) is 8.14. The lowest BCUT2D eigenvalue weighted by molar-refractivity contribution is -0.121. The average molecular weight is 623 g/mol. The first-order chi connectivity index (χ1) is 21.4. The molecule has 0 aliphatic carbocycles. The van der Waals surface area contributed by atoms with Crippen molar-refractivity contribution in [3.05, 3.63) is 59.7 Å². The van der Waals surface area contributed by atoms with Crippen LogP contribution in [0.25, 0.3) is 0 Å². The van der Waals surface area contributed by atoms with Crippen LogP contribution < -0.4 is 21.7 Å². The molecule has 0 spiro atoms. The van der Waals surface area contributed by atoms with Gasteiger partial charge in [-0.3, -0.25) is 9.59 Å². The van der Waals surface area contributed by atoms with Gasteiger partial charge in [-0.25, -0.2) is 4.79 Å². The summed E-state index contributed by atoms with van der Waals surface area (Å²) in [4.78, 5) is 40.6. The molecular weight excluding hydrogens is 568 g/mol. The van der Waals surface area contributed by atoms with E-state index in [-0.39, 0.29) is 23.7 Å². The molecule has 45 heavy (non-hydrogen) atoms. The molecule has 10 heteroatoms. The van der Waals surface area contributed by atoms with Crippen molar-refractivity contribution >= 4 is 29.3 Å². The van der Waals surface area contributed by atoms with Gasteiger partial charge in [-0.2, -0.15) is 0 Å². The molecule has 0 unspecified atom stereocenters. The van der Waals surface area contributed by atoms with E-state index in [9.17, 15) is 14.4 Å². The third kappa shape index (κ3) is 13.6. The van der Waals surface area contributed by atoms with Gasteiger partial charge in [0.15, 0.2) is 0 Å². The topological polar surface area (TPSA) is 129 Å². The van der Waals surface area contributed by atoms with Crippen LogP contribution in [0.2, 0.25) is 0 Å². The van der Waals surface area contributed by atoms with Crippen molar-refractivity contribution in [1.29, 1.82) is 0 Å². The fourth-order valence-electron chi connectivity index (χ4n) is 5.33. The summed E-state index contributed by atoms with van der Waals surface area (Å²) in [6, 6.07) is 15.7. The Morgan fingerprint density at radius 2 is 1.13 bits per heavy atom. The molecule has 4 rings (SSSR count). The van der Waals surface area contributed by atoms with Gasteiger partial charge in [-0.05, 0) is 142 Å². The number of nitrogens with two attached hydrogens (primary N) is 1. The summed E-state index contributed by atoms with van der Waals surface area (Å²) < 4.78 is 5.20. The molecule has 3 amide bonds. The lowest BCUT2D eigenvalue weighted by Gasteiger charge is -2.28. The number of piperidine rings is 2. The SMILES string of the molecule is CN1CCC(C(=O)Nc2ccc(CCN)cc2)CC1.CN1CCC(C(=O)Nc2ccc(CCNC(=O)OC(C)(C)C)cc2)CC1. The van der Waals surface area contributed by atoms with Gasteiger partial charge in [0.2, 0.25) is 11.8 Å². The van der Waals surface area contributed by atoms with E-state index in [2.05, 4.69) is 39.8 Å². The third-order valence-corrected chi connectivity index (χ3v) is 8.14. The lowest BCUT2D eigenvalue weighted by Crippen LogP contribution is -2.35. The highest BCUT2D eigenvalue weighted by Gasteiger charge is 2.24. The molecule has 2 saturated heterocycles. The summed E-state index contributed by atoms with van der Waals surface area (Å²) in [5.41, 5.74) is 9.03. The number of benzene rings is 2. The van der Waals surface area contributed by atoms with Gasteiger partial charge in [-0.1, -0.05) is 24.3 Å². The standard InChI is InChI=1S/C20H31N3O3.C15H23N3O/c1-20(2,3)26-19(25)21-12-9-15-5-7-17(8-6-15)22-18(24)16-10-13-23(4)14-11-16;1-18-10-7-13(8-11-18)15(19)17-14-4-2-12(3-5-14)6-9-16/h5-8,16H,9-14H2,1-4H3,(H,21,25)(H,22,24);2-5,13H,6-11,16H2,1H3,(H,17,19). The Morgan fingerprint density at radius 1 is 0.733 bits per heavy atom. The summed E-state index contributed by atoms with van der Waals surface area (Å²) in [6.07, 6.45) is 4.92. The van der Waals surface area contributed by atoms with E-state index in [0.29, 0.717) is 19.5 Å². The van der Waals surface area contributed by atoms with Crippen molar-refractivity contribution < 1.29 is 19.1 Å². The number of carbonyl (C=O) groups excluding carboxylic acids is 3. The maximum absolute atomic E-state index is 12.3. The predicted molar refractivity (Wildman–Crippen MR) is 181 cm³/mol. The number of hydrogen-bond acceptors (Lipinski definition) is 7. The van der Waals surface area contributed by atoms with Crippen molar-refractivity contribution in [1.82, 2.24) is 15.1 Å². The quantitative estimate of drug-likeness (QED) is 0.324. The Bertz CT molecular complexity index is 1200. The number of rotatable bonds is 9. The highest BCUT2D eigenvalue weighted by Crippen LogP contribution is 2.20. The molecule has 0 bridgehead atoms. The zero-order valence-corrected chi connectivity index (χ0v) is 27.9. The average Bonchev–Trinajstić information content (AvgIpc) is 2.99. The summed E-state index contributed by atoms with van der Waals surface area (Å²) in [7, 11) is 4.19. The Hall–Kier alpha value is -3.47. The second-order valence-corrected chi connectivity index (χ2v) is 13.2. The summed E-state index contributed by atoms with van der Waals surface area (Å²) in [6.45, 7) is 10.6. The largest absolute Gasteiger partial charge is 0.444 e. The van der Waals surface area contributed by atoms with Gasteiger partial charge in [0.05, 0.1) is 0 Å². The monoisotopic (exact) mass is 622 g/mol. The van der Waals surface area contributed by atoms with Crippen molar-refractivity contribution in [3.63, 3.8) is 0 Å². The Kier molecular flexibility index (Phi) is 14.3. The van der Waals surface area contributed by atoms with E-state index < -0.39 is 11.7 Å². The van der Waals surface area contributed by atoms with Gasteiger partial charge in [0, 0.05) is 29.8 Å². The smallest absolute Gasteiger partial charge is 0.407 e. The molecule has 10 nitrogen and oxygen atoms in total. The van der Waals surface area contributed by atoms with E-state index in [4.69, 9.17) is 10.5 Å². The zero-order chi connectivity index (χ0) is 32.8. The van der Waals surface area contributed by atoms with E-state index in [0.717, 1.165) is 75.2 Å². The first-order valence-electron chi connectivity index (χ1n) is 16.3. The zero-order valence-electron chi connectivity index (χ0n) is 27.9. The number of carbonyl (C=O) groups is 3. The van der Waals surface area contributed by atoms with Crippen LogP contribution in [-0.2, 0) is 27.2 Å². The van der Waals surface area contributed by atoms with Crippen molar-refractivity contribution in [2.75, 3.05) is 64.0 Å². The number of hydrogen-bond donors (Lipinski definition) is 4. The fourth-order valence-corrected chi connectivity index (χ4v) is 5.33. The molecule has 2 heterocycles. The van der Waals surface area contributed by atoms with Crippen LogP contribution in [0.3, 0.4) is 0 Å². The molecule has 2 aromatic carbocycles. The van der Waals surface area contributed by atoms with Gasteiger partial charge in [0.1, 0.15) is 5.60 Å². The van der Waals surface area contributed by atoms with E-state index in [1.807, 2.05) is 69.3 Å². The number of nitrogens with zero attached hydrogens (tertiary/aromatic N) is 2. The van der Waals surface area contributed by atoms with Crippen LogP contribution in [0, 0.1) is 11.8 Å². The fraction of sp³-hybridized carbons (Fsp3) is 0.571.